The number of piperidine rings is 1. The quantitative estimate of drug-likeness (QED) is 0.837. The third-order valence-corrected chi connectivity index (χ3v) is 5.48. The third kappa shape index (κ3) is 4.02. The van der Waals surface area contributed by atoms with Gasteiger partial charge in [-0.25, -0.2) is 0 Å². The number of benzene rings is 1. The van der Waals surface area contributed by atoms with Crippen LogP contribution in [0.4, 0.5) is 5.69 Å². The molecular weight excluding hydrogens is 338 g/mol. The lowest BCUT2D eigenvalue weighted by atomic mass is 10.0. The fourth-order valence-electron chi connectivity index (χ4n) is 4.07. The first-order valence-corrected chi connectivity index (χ1v) is 9.80. The number of nitrogens with zero attached hydrogens (tertiary/aromatic N) is 3. The standard InChI is InChI=1S/C22H25N3O2/c26-21-14-17(16-25(21)20-7-3-1-4-8-20)13-19-15-18(9-10-23-19)22(27)24-11-5-2-6-12-24/h1,3-4,7-10,15,17H,2,5-6,11-14,16H2. The summed E-state index contributed by atoms with van der Waals surface area (Å²) in [7, 11) is 0. The maximum atomic E-state index is 12.7. The van der Waals surface area contributed by atoms with Crippen LogP contribution in [0.25, 0.3) is 0 Å². The van der Waals surface area contributed by atoms with E-state index >= 15 is 0 Å². The molecule has 2 aliphatic heterocycles. The maximum absolute atomic E-state index is 12.7. The van der Waals surface area contributed by atoms with Crippen molar-refractivity contribution in [2.24, 2.45) is 5.92 Å². The summed E-state index contributed by atoms with van der Waals surface area (Å²) in [5.74, 6) is 0.490. The summed E-state index contributed by atoms with van der Waals surface area (Å²) in [5, 5.41) is 0. The highest BCUT2D eigenvalue weighted by Crippen LogP contribution is 2.27. The van der Waals surface area contributed by atoms with Gasteiger partial charge in [0.15, 0.2) is 0 Å². The van der Waals surface area contributed by atoms with E-state index in [4.69, 9.17) is 0 Å². The van der Waals surface area contributed by atoms with Crippen LogP contribution in [0.15, 0.2) is 48.7 Å². The average molecular weight is 363 g/mol. The van der Waals surface area contributed by atoms with Crippen molar-refractivity contribution < 1.29 is 9.59 Å². The zero-order valence-electron chi connectivity index (χ0n) is 15.5. The highest BCUT2D eigenvalue weighted by Gasteiger charge is 2.31. The van der Waals surface area contributed by atoms with E-state index in [1.54, 1.807) is 12.3 Å². The number of aromatic nitrogens is 1. The molecule has 5 heteroatoms. The molecule has 0 spiro atoms. The molecule has 4 rings (SSSR count). The van der Waals surface area contributed by atoms with Crippen LogP contribution < -0.4 is 4.90 Å². The van der Waals surface area contributed by atoms with E-state index in [9.17, 15) is 9.59 Å². The molecular formula is C22H25N3O2. The molecule has 1 aromatic heterocycles. The van der Waals surface area contributed by atoms with Crippen LogP contribution in [-0.4, -0.2) is 41.3 Å². The predicted octanol–water partition coefficient (Wildman–Crippen LogP) is 3.30. The Morgan fingerprint density at radius 3 is 2.63 bits per heavy atom. The van der Waals surface area contributed by atoms with Gasteiger partial charge in [0.2, 0.25) is 5.91 Å². The molecule has 2 fully saturated rings. The molecule has 2 saturated heterocycles. The second-order valence-corrected chi connectivity index (χ2v) is 7.50. The zero-order chi connectivity index (χ0) is 18.6. The van der Waals surface area contributed by atoms with Gasteiger partial charge in [0.05, 0.1) is 0 Å². The van der Waals surface area contributed by atoms with E-state index in [1.165, 1.54) is 6.42 Å². The first kappa shape index (κ1) is 17.7. The monoisotopic (exact) mass is 363 g/mol. The average Bonchev–Trinajstić information content (AvgIpc) is 3.09. The first-order chi connectivity index (χ1) is 13.2. The van der Waals surface area contributed by atoms with Gasteiger partial charge in [0.1, 0.15) is 0 Å². The minimum atomic E-state index is 0.103. The van der Waals surface area contributed by atoms with Crippen LogP contribution in [0.5, 0.6) is 0 Å². The van der Waals surface area contributed by atoms with Crippen molar-refractivity contribution in [3.63, 3.8) is 0 Å². The highest BCUT2D eigenvalue weighted by atomic mass is 16.2. The Labute approximate surface area is 160 Å². The Balaban J connectivity index is 1.43. The normalized spacial score (nSPS) is 20.1. The summed E-state index contributed by atoms with van der Waals surface area (Å²) in [4.78, 5) is 33.4. The predicted molar refractivity (Wildman–Crippen MR) is 105 cm³/mol. The molecule has 1 aromatic carbocycles. The largest absolute Gasteiger partial charge is 0.339 e. The minimum absolute atomic E-state index is 0.103. The Hall–Kier alpha value is -2.69. The third-order valence-electron chi connectivity index (χ3n) is 5.48. The number of anilines is 1. The van der Waals surface area contributed by atoms with Crippen molar-refractivity contribution in [3.05, 3.63) is 59.9 Å². The fraction of sp³-hybridized carbons (Fsp3) is 0.409. The number of hydrogen-bond acceptors (Lipinski definition) is 3. The Morgan fingerprint density at radius 1 is 1.07 bits per heavy atom. The zero-order valence-corrected chi connectivity index (χ0v) is 15.5. The Morgan fingerprint density at radius 2 is 1.85 bits per heavy atom. The molecule has 1 unspecified atom stereocenters. The van der Waals surface area contributed by atoms with Crippen LogP contribution in [0.1, 0.15) is 41.7 Å². The van der Waals surface area contributed by atoms with Gasteiger partial charge in [-0.15, -0.1) is 0 Å². The summed E-state index contributed by atoms with van der Waals surface area (Å²) in [6.07, 6.45) is 6.35. The van der Waals surface area contributed by atoms with Gasteiger partial charge in [-0.2, -0.15) is 0 Å². The lowest BCUT2D eigenvalue weighted by molar-refractivity contribution is -0.117. The number of amides is 2. The van der Waals surface area contributed by atoms with Gasteiger partial charge < -0.3 is 9.80 Å². The number of hydrogen-bond donors (Lipinski definition) is 0. The molecule has 1 atom stereocenters. The lowest BCUT2D eigenvalue weighted by Crippen LogP contribution is -2.35. The summed E-state index contributed by atoms with van der Waals surface area (Å²) in [6, 6.07) is 13.5. The summed E-state index contributed by atoms with van der Waals surface area (Å²) >= 11 is 0. The van der Waals surface area contributed by atoms with Crippen molar-refractivity contribution in [1.29, 1.82) is 0 Å². The number of likely N-dealkylation sites (tertiary alicyclic amines) is 1. The van der Waals surface area contributed by atoms with E-state index < -0.39 is 0 Å². The number of carbonyl (C=O) groups is 2. The molecule has 5 nitrogen and oxygen atoms in total. The summed E-state index contributed by atoms with van der Waals surface area (Å²) < 4.78 is 0. The van der Waals surface area contributed by atoms with E-state index in [2.05, 4.69) is 4.98 Å². The molecule has 0 bridgehead atoms. The second-order valence-electron chi connectivity index (χ2n) is 7.50. The van der Waals surface area contributed by atoms with Gasteiger partial charge >= 0.3 is 0 Å². The van der Waals surface area contributed by atoms with Crippen LogP contribution in [0, 0.1) is 5.92 Å². The molecule has 140 valence electrons. The summed E-state index contributed by atoms with van der Waals surface area (Å²) in [6.45, 7) is 2.40. The van der Waals surface area contributed by atoms with Crippen molar-refractivity contribution in [3.8, 4) is 0 Å². The van der Waals surface area contributed by atoms with Gasteiger partial charge in [0.25, 0.3) is 5.91 Å². The summed E-state index contributed by atoms with van der Waals surface area (Å²) in [5.41, 5.74) is 2.56. The topological polar surface area (TPSA) is 53.5 Å². The molecule has 27 heavy (non-hydrogen) atoms. The smallest absolute Gasteiger partial charge is 0.253 e. The van der Waals surface area contributed by atoms with Gasteiger partial charge in [-0.05, 0) is 55.9 Å². The van der Waals surface area contributed by atoms with E-state index in [1.807, 2.05) is 46.2 Å². The van der Waals surface area contributed by atoms with Gasteiger partial charge in [-0.3, -0.25) is 14.6 Å². The number of pyridine rings is 1. The molecule has 2 amide bonds. The lowest BCUT2D eigenvalue weighted by Gasteiger charge is -2.26. The first-order valence-electron chi connectivity index (χ1n) is 9.80. The van der Waals surface area contributed by atoms with Gasteiger partial charge in [0, 0.05) is 49.2 Å². The SMILES string of the molecule is O=C(c1ccnc(CC2CC(=O)N(c3ccccc3)C2)c1)N1CCCCC1. The molecule has 0 radical (unpaired) electrons. The van der Waals surface area contributed by atoms with E-state index in [-0.39, 0.29) is 17.7 Å². The van der Waals surface area contributed by atoms with Crippen molar-refractivity contribution in [1.82, 2.24) is 9.88 Å². The number of carbonyl (C=O) groups excluding carboxylic acids is 2. The van der Waals surface area contributed by atoms with Crippen LogP contribution in [0.3, 0.4) is 0 Å². The Kier molecular flexibility index (Phi) is 5.19. The van der Waals surface area contributed by atoms with Crippen molar-refractivity contribution in [2.45, 2.75) is 32.1 Å². The Bertz CT molecular complexity index is 815. The van der Waals surface area contributed by atoms with Crippen LogP contribution in [0.2, 0.25) is 0 Å². The maximum Gasteiger partial charge on any atom is 0.253 e. The van der Waals surface area contributed by atoms with E-state index in [0.29, 0.717) is 18.5 Å². The molecule has 2 aliphatic rings. The second kappa shape index (κ2) is 7.91. The van der Waals surface area contributed by atoms with Crippen LogP contribution >= 0.6 is 0 Å². The molecule has 0 N–H and O–H groups in total. The highest BCUT2D eigenvalue weighted by molar-refractivity contribution is 5.96. The molecule has 0 aliphatic carbocycles. The molecule has 3 heterocycles. The fourth-order valence-corrected chi connectivity index (χ4v) is 4.07. The van der Waals surface area contributed by atoms with E-state index in [0.717, 1.165) is 43.7 Å². The van der Waals surface area contributed by atoms with Crippen molar-refractivity contribution >= 4 is 17.5 Å². The minimum Gasteiger partial charge on any atom is -0.339 e. The molecule has 0 saturated carbocycles. The molecule has 2 aromatic rings. The number of rotatable bonds is 4. The van der Waals surface area contributed by atoms with Crippen molar-refractivity contribution in [2.75, 3.05) is 24.5 Å². The van der Waals surface area contributed by atoms with Gasteiger partial charge in [-0.1, -0.05) is 18.2 Å². The van der Waals surface area contributed by atoms with Crippen LogP contribution in [-0.2, 0) is 11.2 Å². The number of para-hydroxylation sites is 1.